The fourth-order valence-electron chi connectivity index (χ4n) is 4.28. The summed E-state index contributed by atoms with van der Waals surface area (Å²) < 4.78 is 24.8. The van der Waals surface area contributed by atoms with Gasteiger partial charge in [-0.25, -0.2) is 10.6 Å². The van der Waals surface area contributed by atoms with E-state index in [0.717, 1.165) is 22.5 Å². The van der Waals surface area contributed by atoms with E-state index in [-0.39, 0.29) is 12.7 Å². The van der Waals surface area contributed by atoms with Crippen LogP contribution in [0.15, 0.2) is 66.1 Å². The first kappa shape index (κ1) is 31.8. The lowest BCUT2D eigenvalue weighted by atomic mass is 9.98. The maximum Gasteiger partial charge on any atom is 0.335 e. The fourth-order valence-corrected chi connectivity index (χ4v) is 4.46. The Morgan fingerprint density at radius 3 is 2.51 bits per heavy atom. The monoisotopic (exact) mass is 586 g/mol. The molecule has 11 heteroatoms. The number of hydrazine groups is 1. The van der Waals surface area contributed by atoms with Crippen molar-refractivity contribution in [3.8, 4) is 17.2 Å². The number of carboxylic acids is 1. The maximum absolute atomic E-state index is 10.8. The number of para-hydroxylation sites is 1. The Bertz CT molecular complexity index is 1380. The van der Waals surface area contributed by atoms with Gasteiger partial charge in [-0.15, -0.1) is 0 Å². The molecule has 0 saturated heterocycles. The number of fused-ring (bicyclic) bond motifs is 3. The van der Waals surface area contributed by atoms with Crippen LogP contribution in [0.2, 0.25) is 5.02 Å². The maximum atomic E-state index is 10.8. The number of nitrogens with two attached hydrogens (primary N) is 2. The Labute approximate surface area is 246 Å². The number of aliphatic carboxylic acids is 1. The van der Waals surface area contributed by atoms with E-state index in [2.05, 4.69) is 10.6 Å². The van der Waals surface area contributed by atoms with Gasteiger partial charge in [-0.1, -0.05) is 23.7 Å². The summed E-state index contributed by atoms with van der Waals surface area (Å²) in [6.45, 7) is 7.65. The zero-order valence-corrected chi connectivity index (χ0v) is 25.1. The zero-order valence-electron chi connectivity index (χ0n) is 24.3. The first-order valence-corrected chi connectivity index (χ1v) is 13.5. The lowest BCUT2D eigenvalue weighted by molar-refractivity contribution is -0.160. The molecular formula is C30H39ClN4O6. The molecule has 1 aromatic heterocycles. The van der Waals surface area contributed by atoms with Crippen LogP contribution in [0.5, 0.6) is 11.5 Å². The molecule has 4 rings (SSSR count). The van der Waals surface area contributed by atoms with E-state index in [1.54, 1.807) is 21.1 Å². The van der Waals surface area contributed by atoms with Crippen molar-refractivity contribution < 1.29 is 28.8 Å². The number of hydrogen-bond donors (Lipinski definition) is 3. The summed E-state index contributed by atoms with van der Waals surface area (Å²) in [5.41, 5.74) is 9.56. The Morgan fingerprint density at radius 1 is 1.17 bits per heavy atom. The standard InChI is InChI=1S/C20H18ClNO3.C10H21N3O3/c1-23-18-7-3-6-15(20(18)24-2)19-16-11-13(21)8-9-17(16)22-10-4-5-14(22)12-25-19;1-5-13(12)8(7(2)11)6-16-10(3,4)9(14)15/h3-11,19H,12H2,1-2H3;5-6,11-12H2,1-4H3,(H,14,15)/b;8-7-. The van der Waals surface area contributed by atoms with Gasteiger partial charge in [0.25, 0.3) is 0 Å². The molecule has 0 spiro atoms. The van der Waals surface area contributed by atoms with Crippen LogP contribution in [0.1, 0.15) is 50.6 Å². The van der Waals surface area contributed by atoms with Crippen LogP contribution in [0.25, 0.3) is 5.69 Å². The molecule has 3 aromatic rings. The quantitative estimate of drug-likeness (QED) is 0.233. The van der Waals surface area contributed by atoms with Crippen LogP contribution in [0.4, 0.5) is 0 Å². The number of rotatable bonds is 9. The lowest BCUT2D eigenvalue weighted by Gasteiger charge is -2.26. The van der Waals surface area contributed by atoms with E-state index < -0.39 is 11.6 Å². The summed E-state index contributed by atoms with van der Waals surface area (Å²) in [4.78, 5) is 10.8. The average Bonchev–Trinajstić information content (AvgIpc) is 3.35. The fraction of sp³-hybridized carbons (Fsp3) is 0.367. The van der Waals surface area contributed by atoms with E-state index in [4.69, 9.17) is 47.2 Å². The molecular weight excluding hydrogens is 548 g/mol. The van der Waals surface area contributed by atoms with Gasteiger partial charge in [0.1, 0.15) is 6.10 Å². The first-order valence-electron chi connectivity index (χ1n) is 13.1. The molecule has 1 unspecified atom stereocenters. The van der Waals surface area contributed by atoms with Gasteiger partial charge in [0.2, 0.25) is 0 Å². The summed E-state index contributed by atoms with van der Waals surface area (Å²) in [5, 5.41) is 11.0. The van der Waals surface area contributed by atoms with E-state index in [1.807, 2.05) is 55.6 Å². The molecule has 0 amide bonds. The van der Waals surface area contributed by atoms with Crippen LogP contribution in [-0.4, -0.2) is 53.6 Å². The zero-order chi connectivity index (χ0) is 30.3. The van der Waals surface area contributed by atoms with Crippen molar-refractivity contribution in [2.24, 2.45) is 11.6 Å². The van der Waals surface area contributed by atoms with Gasteiger partial charge in [-0.2, -0.15) is 0 Å². The first-order chi connectivity index (χ1) is 19.4. The van der Waals surface area contributed by atoms with Crippen LogP contribution in [-0.2, 0) is 20.9 Å². The molecule has 2 aromatic carbocycles. The normalized spacial score (nSPS) is 14.9. The van der Waals surface area contributed by atoms with Crippen molar-refractivity contribution in [3.05, 3.63) is 88.0 Å². The summed E-state index contributed by atoms with van der Waals surface area (Å²) in [5.74, 6) is 6.02. The van der Waals surface area contributed by atoms with Gasteiger partial charge in [0.15, 0.2) is 17.1 Å². The highest BCUT2D eigenvalue weighted by Crippen LogP contribution is 2.43. The molecule has 0 saturated carbocycles. The second kappa shape index (κ2) is 13.8. The molecule has 0 aliphatic carbocycles. The molecule has 1 aliphatic rings. The Balaban J connectivity index is 0.000000253. The van der Waals surface area contributed by atoms with E-state index in [1.165, 1.54) is 18.9 Å². The number of halogens is 1. The summed E-state index contributed by atoms with van der Waals surface area (Å²) in [7, 11) is 3.27. The number of carbonyl (C=O) groups is 1. The van der Waals surface area contributed by atoms with Crippen LogP contribution >= 0.6 is 11.6 Å². The van der Waals surface area contributed by atoms with Gasteiger partial charge in [0, 0.05) is 40.3 Å². The van der Waals surface area contributed by atoms with Crippen LogP contribution < -0.4 is 21.1 Å². The summed E-state index contributed by atoms with van der Waals surface area (Å²) >= 11 is 6.30. The summed E-state index contributed by atoms with van der Waals surface area (Å²) in [6.07, 6.45) is 1.73. The number of allylic oxidation sites excluding steroid dienone is 1. The van der Waals surface area contributed by atoms with Crippen molar-refractivity contribution in [3.63, 3.8) is 0 Å². The van der Waals surface area contributed by atoms with Gasteiger partial charge in [-0.3, -0.25) is 0 Å². The Morgan fingerprint density at radius 2 is 1.90 bits per heavy atom. The molecule has 41 heavy (non-hydrogen) atoms. The average molecular weight is 587 g/mol. The third kappa shape index (κ3) is 7.34. The number of likely N-dealkylation sites (N-methyl/N-ethyl adjacent to an activating group) is 1. The molecule has 2 heterocycles. The van der Waals surface area contributed by atoms with Crippen molar-refractivity contribution >= 4 is 17.6 Å². The predicted molar refractivity (Wildman–Crippen MR) is 158 cm³/mol. The number of benzene rings is 2. The predicted octanol–water partition coefficient (Wildman–Crippen LogP) is 5.02. The van der Waals surface area contributed by atoms with Crippen molar-refractivity contribution in [2.75, 3.05) is 27.4 Å². The number of nitrogens with zero attached hydrogens (tertiary/aromatic N) is 2. The van der Waals surface area contributed by atoms with Crippen LogP contribution in [0.3, 0.4) is 0 Å². The molecule has 1 aliphatic heterocycles. The summed E-state index contributed by atoms with van der Waals surface area (Å²) in [6, 6.07) is 15.8. The number of carboxylic acid groups (broad SMARTS) is 1. The van der Waals surface area contributed by atoms with Crippen LogP contribution in [0, 0.1) is 0 Å². The number of methoxy groups -OCH3 is 2. The number of ether oxygens (including phenoxy) is 4. The lowest BCUT2D eigenvalue weighted by Crippen LogP contribution is -2.39. The van der Waals surface area contributed by atoms with Crippen molar-refractivity contribution in [1.29, 1.82) is 0 Å². The minimum Gasteiger partial charge on any atom is -0.493 e. The largest absolute Gasteiger partial charge is 0.493 e. The number of hydrogen-bond acceptors (Lipinski definition) is 8. The highest BCUT2D eigenvalue weighted by atomic mass is 35.5. The Kier molecular flexibility index (Phi) is 10.7. The second-order valence-corrected chi connectivity index (χ2v) is 10.3. The third-order valence-corrected chi connectivity index (χ3v) is 6.94. The minimum atomic E-state index is -1.25. The molecule has 0 radical (unpaired) electrons. The highest BCUT2D eigenvalue weighted by molar-refractivity contribution is 6.30. The molecule has 0 fully saturated rings. The molecule has 0 bridgehead atoms. The van der Waals surface area contributed by atoms with Crippen molar-refractivity contribution in [2.45, 2.75) is 46.0 Å². The van der Waals surface area contributed by atoms with Gasteiger partial charge in [-0.05, 0) is 64.1 Å². The van der Waals surface area contributed by atoms with Gasteiger partial charge < -0.3 is 39.4 Å². The van der Waals surface area contributed by atoms with Gasteiger partial charge in [0.05, 0.1) is 38.8 Å². The smallest absolute Gasteiger partial charge is 0.335 e. The highest BCUT2D eigenvalue weighted by Gasteiger charge is 2.29. The minimum absolute atomic E-state index is 0.0754. The topological polar surface area (TPSA) is 134 Å². The van der Waals surface area contributed by atoms with E-state index >= 15 is 0 Å². The Hall–Kier alpha value is -3.70. The molecule has 222 valence electrons. The van der Waals surface area contributed by atoms with E-state index in [9.17, 15) is 4.79 Å². The van der Waals surface area contributed by atoms with Gasteiger partial charge >= 0.3 is 5.97 Å². The SMILES string of the molecule is CCN(N)/C(COC(C)(C)C(=O)O)=C(/C)N.COc1cccc(C2OCc3cccn3-c3ccc(Cl)cc32)c1OC. The van der Waals surface area contributed by atoms with E-state index in [0.29, 0.717) is 41.1 Å². The molecule has 5 N–H and O–H groups in total. The molecule has 10 nitrogen and oxygen atoms in total. The molecule has 1 atom stereocenters. The third-order valence-electron chi connectivity index (χ3n) is 6.71. The van der Waals surface area contributed by atoms with Crippen molar-refractivity contribution in [1.82, 2.24) is 9.58 Å². The second-order valence-electron chi connectivity index (χ2n) is 9.87. The number of aromatic nitrogens is 1.